The fraction of sp³-hybridized carbons (Fsp3) is 0.412. The molecule has 1 heterocycles. The number of nitrogens with zero attached hydrogens (tertiary/aromatic N) is 2. The van der Waals surface area contributed by atoms with Crippen molar-refractivity contribution in [2.45, 2.75) is 38.4 Å². The average molecular weight is 313 g/mol. The summed E-state index contributed by atoms with van der Waals surface area (Å²) in [5.74, 6) is 7.70. The van der Waals surface area contributed by atoms with Crippen LogP contribution >= 0.6 is 0 Å². The Labute approximate surface area is 134 Å². The molecule has 3 N–H and O–H groups in total. The molecule has 1 saturated carbocycles. The summed E-state index contributed by atoms with van der Waals surface area (Å²) in [6.07, 6.45) is 4.43. The average Bonchev–Trinajstić information content (AvgIpc) is 3.19. The molecule has 0 aliphatic heterocycles. The molecule has 6 nitrogen and oxygen atoms in total. The summed E-state index contributed by atoms with van der Waals surface area (Å²) in [4.78, 5) is 0. The first-order valence-corrected chi connectivity index (χ1v) is 7.76. The summed E-state index contributed by atoms with van der Waals surface area (Å²) in [7, 11) is 0. The van der Waals surface area contributed by atoms with E-state index in [9.17, 15) is 10.2 Å². The number of aliphatic hydroxyl groups excluding tert-OH is 1. The van der Waals surface area contributed by atoms with Crippen LogP contribution in [-0.2, 0) is 0 Å². The molecule has 2 aromatic rings. The molecule has 23 heavy (non-hydrogen) atoms. The molecule has 1 aromatic heterocycles. The van der Waals surface area contributed by atoms with Crippen LogP contribution in [0.2, 0.25) is 0 Å². The summed E-state index contributed by atoms with van der Waals surface area (Å²) in [6.45, 7) is 0. The number of nitrogens with one attached hydrogen (secondary N) is 1. The van der Waals surface area contributed by atoms with Crippen molar-refractivity contribution in [2.24, 2.45) is 5.92 Å². The number of aromatic amines is 1. The van der Waals surface area contributed by atoms with Crippen molar-refractivity contribution < 1.29 is 14.9 Å². The van der Waals surface area contributed by atoms with E-state index in [1.807, 2.05) is 12.1 Å². The van der Waals surface area contributed by atoms with Crippen LogP contribution in [0, 0.1) is 17.8 Å². The number of rotatable bonds is 4. The Morgan fingerprint density at radius 2 is 2.09 bits per heavy atom. The van der Waals surface area contributed by atoms with E-state index < -0.39 is 6.29 Å². The molecule has 1 aliphatic rings. The molecule has 3 rings (SSSR count). The van der Waals surface area contributed by atoms with Crippen molar-refractivity contribution in [3.63, 3.8) is 0 Å². The molecule has 1 fully saturated rings. The highest BCUT2D eigenvalue weighted by molar-refractivity contribution is 5.41. The van der Waals surface area contributed by atoms with Gasteiger partial charge in [-0.05, 0) is 37.0 Å². The summed E-state index contributed by atoms with van der Waals surface area (Å²) in [5.41, 5.74) is 0.804. The fourth-order valence-corrected chi connectivity index (χ4v) is 2.73. The van der Waals surface area contributed by atoms with Crippen molar-refractivity contribution >= 4 is 0 Å². The zero-order valence-electron chi connectivity index (χ0n) is 12.7. The van der Waals surface area contributed by atoms with Gasteiger partial charge in [0, 0.05) is 12.0 Å². The predicted octanol–water partition coefficient (Wildman–Crippen LogP) is 2.51. The second-order valence-corrected chi connectivity index (χ2v) is 5.67. The lowest BCUT2D eigenvalue weighted by atomic mass is 10.0. The highest BCUT2D eigenvalue weighted by Crippen LogP contribution is 2.27. The maximum Gasteiger partial charge on any atom is 0.267 e. The van der Waals surface area contributed by atoms with E-state index in [1.54, 1.807) is 12.1 Å². The molecule has 0 radical (unpaired) electrons. The van der Waals surface area contributed by atoms with Crippen LogP contribution in [0.25, 0.3) is 0 Å². The van der Waals surface area contributed by atoms with Crippen molar-refractivity contribution in [3.8, 4) is 23.5 Å². The second kappa shape index (κ2) is 7.27. The van der Waals surface area contributed by atoms with Gasteiger partial charge in [-0.1, -0.05) is 30.7 Å². The lowest BCUT2D eigenvalue weighted by Gasteiger charge is -2.05. The maximum atomic E-state index is 9.18. The lowest BCUT2D eigenvalue weighted by molar-refractivity contribution is -0.0470. The van der Waals surface area contributed by atoms with E-state index in [0.29, 0.717) is 5.75 Å². The standard InChI is InChI=1S/C17H19N3O3/c21-17(22)15-16(19-20-18-15)23-14-10-4-9-13(11-14)8-3-7-12-5-1-2-6-12/h4,9-12,17,21-22H,1-2,5-7H2,(H,18,19,20). The summed E-state index contributed by atoms with van der Waals surface area (Å²) in [6, 6.07) is 7.30. The molecular weight excluding hydrogens is 294 g/mol. The molecule has 6 heteroatoms. The third kappa shape index (κ3) is 4.09. The van der Waals surface area contributed by atoms with E-state index in [-0.39, 0.29) is 11.6 Å². The zero-order chi connectivity index (χ0) is 16.1. The number of aromatic nitrogens is 3. The van der Waals surface area contributed by atoms with E-state index in [0.717, 1.165) is 17.9 Å². The van der Waals surface area contributed by atoms with Gasteiger partial charge in [0.05, 0.1) is 0 Å². The smallest absolute Gasteiger partial charge is 0.267 e. The number of aliphatic hydroxyl groups is 2. The second-order valence-electron chi connectivity index (χ2n) is 5.67. The molecular formula is C17H19N3O3. The Morgan fingerprint density at radius 3 is 2.87 bits per heavy atom. The Hall–Kier alpha value is -2.36. The van der Waals surface area contributed by atoms with Gasteiger partial charge in [0.1, 0.15) is 5.75 Å². The SMILES string of the molecule is OC(O)c1n[nH]nc1Oc1cccc(C#CCC2CCCC2)c1. The van der Waals surface area contributed by atoms with Crippen molar-refractivity contribution in [3.05, 3.63) is 35.5 Å². The first-order valence-electron chi connectivity index (χ1n) is 7.76. The minimum Gasteiger partial charge on any atom is -0.436 e. The van der Waals surface area contributed by atoms with Crippen LogP contribution in [0.1, 0.15) is 49.7 Å². The largest absolute Gasteiger partial charge is 0.436 e. The van der Waals surface area contributed by atoms with Gasteiger partial charge in [-0.25, -0.2) is 0 Å². The molecule has 0 amide bonds. The molecule has 1 aliphatic carbocycles. The Kier molecular flexibility index (Phi) is 4.91. The van der Waals surface area contributed by atoms with E-state index in [2.05, 4.69) is 27.3 Å². The van der Waals surface area contributed by atoms with Crippen LogP contribution in [0.15, 0.2) is 24.3 Å². The molecule has 1 aromatic carbocycles. The minimum atomic E-state index is -1.74. The Bertz CT molecular complexity index is 709. The number of ether oxygens (including phenoxy) is 1. The van der Waals surface area contributed by atoms with Crippen molar-refractivity contribution in [1.29, 1.82) is 0 Å². The van der Waals surface area contributed by atoms with Gasteiger partial charge < -0.3 is 14.9 Å². The van der Waals surface area contributed by atoms with Crippen LogP contribution in [0.4, 0.5) is 0 Å². The van der Waals surface area contributed by atoms with Gasteiger partial charge in [0.25, 0.3) is 5.88 Å². The predicted molar refractivity (Wildman–Crippen MR) is 83.5 cm³/mol. The number of hydrogen-bond acceptors (Lipinski definition) is 5. The fourth-order valence-electron chi connectivity index (χ4n) is 2.73. The van der Waals surface area contributed by atoms with Gasteiger partial charge in [-0.15, -0.1) is 5.10 Å². The van der Waals surface area contributed by atoms with Gasteiger partial charge in [-0.3, -0.25) is 0 Å². The molecule has 0 atom stereocenters. The highest BCUT2D eigenvalue weighted by Gasteiger charge is 2.16. The summed E-state index contributed by atoms with van der Waals surface area (Å²) in [5, 5.41) is 28.1. The van der Waals surface area contributed by atoms with Gasteiger partial charge in [0.15, 0.2) is 5.69 Å². The molecule has 0 unspecified atom stereocenters. The van der Waals surface area contributed by atoms with Gasteiger partial charge >= 0.3 is 0 Å². The van der Waals surface area contributed by atoms with Crippen LogP contribution in [-0.4, -0.2) is 25.6 Å². The normalized spacial score (nSPS) is 14.7. The van der Waals surface area contributed by atoms with Crippen molar-refractivity contribution in [1.82, 2.24) is 15.4 Å². The third-order valence-corrected chi connectivity index (χ3v) is 3.93. The third-order valence-electron chi connectivity index (χ3n) is 3.93. The summed E-state index contributed by atoms with van der Waals surface area (Å²) >= 11 is 0. The molecule has 0 bridgehead atoms. The minimum absolute atomic E-state index is 0.0380. The quantitative estimate of drug-likeness (QED) is 0.596. The number of H-pyrrole nitrogens is 1. The van der Waals surface area contributed by atoms with Crippen LogP contribution < -0.4 is 4.74 Å². The van der Waals surface area contributed by atoms with E-state index in [4.69, 9.17) is 4.74 Å². The summed E-state index contributed by atoms with van der Waals surface area (Å²) < 4.78 is 5.54. The first kappa shape index (κ1) is 15.5. The van der Waals surface area contributed by atoms with Crippen LogP contribution in [0.3, 0.4) is 0 Å². The highest BCUT2D eigenvalue weighted by atomic mass is 16.5. The van der Waals surface area contributed by atoms with Crippen LogP contribution in [0.5, 0.6) is 11.6 Å². The topological polar surface area (TPSA) is 91.3 Å². The van der Waals surface area contributed by atoms with Crippen molar-refractivity contribution in [2.75, 3.05) is 0 Å². The van der Waals surface area contributed by atoms with Gasteiger partial charge in [0.2, 0.25) is 6.29 Å². The van der Waals surface area contributed by atoms with E-state index >= 15 is 0 Å². The molecule has 0 spiro atoms. The maximum absolute atomic E-state index is 9.18. The number of hydrogen-bond donors (Lipinski definition) is 3. The number of benzene rings is 1. The monoisotopic (exact) mass is 313 g/mol. The Balaban J connectivity index is 1.67. The van der Waals surface area contributed by atoms with E-state index in [1.165, 1.54) is 25.7 Å². The Morgan fingerprint density at radius 1 is 1.26 bits per heavy atom. The first-order chi connectivity index (χ1) is 11.2. The van der Waals surface area contributed by atoms with Gasteiger partial charge in [-0.2, -0.15) is 10.3 Å². The molecule has 0 saturated heterocycles. The zero-order valence-corrected chi connectivity index (χ0v) is 12.7. The molecule has 120 valence electrons. The lowest BCUT2D eigenvalue weighted by Crippen LogP contribution is -1.98.